The smallest absolute Gasteiger partial charge is 0.161 e. The van der Waals surface area contributed by atoms with Crippen molar-refractivity contribution in [2.45, 2.75) is 25.3 Å². The molecular formula is C28H28N2O2. The summed E-state index contributed by atoms with van der Waals surface area (Å²) in [4.78, 5) is 4.65. The number of aryl methyl sites for hydroxylation is 1. The van der Waals surface area contributed by atoms with E-state index in [2.05, 4.69) is 71.8 Å². The largest absolute Gasteiger partial charge is 0.493 e. The first kappa shape index (κ1) is 20.4. The molecule has 4 heteroatoms. The quantitative estimate of drug-likeness (QED) is 0.371. The van der Waals surface area contributed by atoms with E-state index in [9.17, 15) is 0 Å². The van der Waals surface area contributed by atoms with E-state index >= 15 is 0 Å². The zero-order chi connectivity index (χ0) is 22.1. The van der Waals surface area contributed by atoms with E-state index in [0.717, 1.165) is 17.7 Å². The summed E-state index contributed by atoms with van der Waals surface area (Å²) in [5.74, 6) is 2.44. The summed E-state index contributed by atoms with van der Waals surface area (Å²) in [5.41, 5.74) is 7.20. The van der Waals surface area contributed by atoms with Crippen LogP contribution in [0.3, 0.4) is 0 Å². The molecule has 1 aliphatic heterocycles. The Morgan fingerprint density at radius 3 is 2.53 bits per heavy atom. The van der Waals surface area contributed by atoms with Gasteiger partial charge in [-0.15, -0.1) is 0 Å². The van der Waals surface area contributed by atoms with Gasteiger partial charge in [-0.3, -0.25) is 4.99 Å². The van der Waals surface area contributed by atoms with Crippen LogP contribution in [0.1, 0.15) is 40.6 Å². The third-order valence-corrected chi connectivity index (χ3v) is 6.54. The van der Waals surface area contributed by atoms with E-state index in [-0.39, 0.29) is 0 Å². The highest BCUT2D eigenvalue weighted by Crippen LogP contribution is 2.50. The van der Waals surface area contributed by atoms with Crippen LogP contribution in [-0.4, -0.2) is 20.4 Å². The lowest BCUT2D eigenvalue weighted by Gasteiger charge is -2.37. The van der Waals surface area contributed by atoms with Crippen molar-refractivity contribution in [3.05, 3.63) is 95.1 Å². The summed E-state index contributed by atoms with van der Waals surface area (Å²) >= 11 is 0. The number of ether oxygens (including phenoxy) is 2. The molecule has 1 heterocycles. The molecule has 1 aliphatic carbocycles. The maximum Gasteiger partial charge on any atom is 0.161 e. The fraction of sp³-hybridized carbons (Fsp3) is 0.250. The summed E-state index contributed by atoms with van der Waals surface area (Å²) in [6, 6.07) is 21.4. The second-order valence-corrected chi connectivity index (χ2v) is 8.53. The number of aliphatic imine (C=N–C) groups is 1. The molecule has 0 amide bonds. The van der Waals surface area contributed by atoms with Crippen LogP contribution in [0.4, 0.5) is 11.4 Å². The van der Waals surface area contributed by atoms with E-state index in [1.54, 1.807) is 14.2 Å². The van der Waals surface area contributed by atoms with Crippen LogP contribution < -0.4 is 14.8 Å². The Labute approximate surface area is 189 Å². The number of fused-ring (bicyclic) bond motifs is 3. The number of hydrogen-bond acceptors (Lipinski definition) is 4. The van der Waals surface area contributed by atoms with Crippen LogP contribution in [0.15, 0.2) is 77.8 Å². The van der Waals surface area contributed by atoms with E-state index in [1.807, 2.05) is 24.4 Å². The molecule has 0 fully saturated rings. The van der Waals surface area contributed by atoms with Gasteiger partial charge in [0.1, 0.15) is 0 Å². The van der Waals surface area contributed by atoms with Gasteiger partial charge in [0.15, 0.2) is 11.5 Å². The summed E-state index contributed by atoms with van der Waals surface area (Å²) < 4.78 is 10.7. The minimum Gasteiger partial charge on any atom is -0.493 e. The molecule has 32 heavy (non-hydrogen) atoms. The first-order valence-corrected chi connectivity index (χ1v) is 11.1. The average Bonchev–Trinajstić information content (AvgIpc) is 3.33. The number of rotatable bonds is 5. The molecule has 3 atom stereocenters. The second kappa shape index (κ2) is 8.54. The SMILES string of the molecule is COc1ccc(C=Nc2ccc([C@@H]3Nc4ccc(C)cc4[C@@H]4C=CC[C@@H]43)cc2)cc1OC. The predicted molar refractivity (Wildman–Crippen MR) is 131 cm³/mol. The Hall–Kier alpha value is -3.53. The first-order valence-electron chi connectivity index (χ1n) is 11.1. The predicted octanol–water partition coefficient (Wildman–Crippen LogP) is 6.59. The highest BCUT2D eigenvalue weighted by atomic mass is 16.5. The van der Waals surface area contributed by atoms with Crippen LogP contribution >= 0.6 is 0 Å². The number of hydrogen-bond donors (Lipinski definition) is 1. The molecule has 0 radical (unpaired) electrons. The molecule has 3 aromatic rings. The zero-order valence-electron chi connectivity index (χ0n) is 18.7. The molecule has 0 bridgehead atoms. The minimum absolute atomic E-state index is 0.300. The Morgan fingerprint density at radius 1 is 0.938 bits per heavy atom. The lowest BCUT2D eigenvalue weighted by molar-refractivity contribution is 0.355. The summed E-state index contributed by atoms with van der Waals surface area (Å²) in [7, 11) is 3.28. The van der Waals surface area contributed by atoms with Gasteiger partial charge in [-0.2, -0.15) is 0 Å². The molecular weight excluding hydrogens is 396 g/mol. The number of benzene rings is 3. The van der Waals surface area contributed by atoms with Crippen molar-refractivity contribution in [3.8, 4) is 11.5 Å². The Kier molecular flexibility index (Phi) is 5.44. The molecule has 2 aliphatic rings. The number of methoxy groups -OCH3 is 2. The number of allylic oxidation sites excluding steroid dienone is 2. The van der Waals surface area contributed by atoms with Gasteiger partial charge in [-0.1, -0.05) is 42.0 Å². The van der Waals surface area contributed by atoms with E-state index in [0.29, 0.717) is 29.4 Å². The Bertz CT molecular complexity index is 1180. The van der Waals surface area contributed by atoms with Crippen LogP contribution in [0, 0.1) is 12.8 Å². The van der Waals surface area contributed by atoms with Crippen molar-refractivity contribution in [1.29, 1.82) is 0 Å². The molecule has 0 saturated heterocycles. The third kappa shape index (κ3) is 3.77. The maximum atomic E-state index is 5.38. The molecule has 0 spiro atoms. The van der Waals surface area contributed by atoms with E-state index in [4.69, 9.17) is 9.47 Å². The van der Waals surface area contributed by atoms with Crippen LogP contribution in [0.2, 0.25) is 0 Å². The van der Waals surface area contributed by atoms with Gasteiger partial charge in [-0.25, -0.2) is 0 Å². The van der Waals surface area contributed by atoms with Crippen LogP contribution in [-0.2, 0) is 0 Å². The van der Waals surface area contributed by atoms with Gasteiger partial charge in [0.25, 0.3) is 0 Å². The third-order valence-electron chi connectivity index (χ3n) is 6.54. The Morgan fingerprint density at radius 2 is 1.75 bits per heavy atom. The molecule has 4 nitrogen and oxygen atoms in total. The molecule has 0 aromatic heterocycles. The monoisotopic (exact) mass is 424 g/mol. The lowest BCUT2D eigenvalue weighted by Crippen LogP contribution is -2.29. The molecule has 0 unspecified atom stereocenters. The van der Waals surface area contributed by atoms with Gasteiger partial charge in [-0.05, 0) is 72.4 Å². The standard InChI is InChI=1S/C28H28N2O2/c1-18-7-13-25-24(15-18)22-5-4-6-23(22)28(30-25)20-9-11-21(12-10-20)29-17-19-8-14-26(31-2)27(16-19)32-3/h4-5,7-17,22-23,28,30H,6H2,1-3H3/t22-,23+,28+/m1/s1. The van der Waals surface area contributed by atoms with Crippen molar-refractivity contribution in [3.63, 3.8) is 0 Å². The highest BCUT2D eigenvalue weighted by molar-refractivity contribution is 5.83. The summed E-state index contributed by atoms with van der Waals surface area (Å²) in [6.45, 7) is 2.17. The van der Waals surface area contributed by atoms with Gasteiger partial charge in [0.05, 0.1) is 25.9 Å². The topological polar surface area (TPSA) is 42.8 Å². The van der Waals surface area contributed by atoms with Crippen molar-refractivity contribution in [2.75, 3.05) is 19.5 Å². The van der Waals surface area contributed by atoms with Crippen molar-refractivity contribution in [2.24, 2.45) is 10.9 Å². The minimum atomic E-state index is 0.300. The fourth-order valence-corrected chi connectivity index (χ4v) is 4.89. The Balaban J connectivity index is 1.36. The lowest BCUT2D eigenvalue weighted by atomic mass is 9.76. The average molecular weight is 425 g/mol. The van der Waals surface area contributed by atoms with Crippen LogP contribution in [0.5, 0.6) is 11.5 Å². The normalized spacial score (nSPS) is 21.2. The molecule has 3 aromatic carbocycles. The highest BCUT2D eigenvalue weighted by Gasteiger charge is 2.37. The van der Waals surface area contributed by atoms with Crippen LogP contribution in [0.25, 0.3) is 0 Å². The van der Waals surface area contributed by atoms with Gasteiger partial charge in [0.2, 0.25) is 0 Å². The number of nitrogens with zero attached hydrogens (tertiary/aromatic N) is 1. The molecule has 1 N–H and O–H groups in total. The van der Waals surface area contributed by atoms with Gasteiger partial charge >= 0.3 is 0 Å². The van der Waals surface area contributed by atoms with E-state index in [1.165, 1.54) is 22.4 Å². The summed E-state index contributed by atoms with van der Waals surface area (Å²) in [5, 5.41) is 3.81. The fourth-order valence-electron chi connectivity index (χ4n) is 4.89. The second-order valence-electron chi connectivity index (χ2n) is 8.53. The van der Waals surface area contributed by atoms with Crippen molar-refractivity contribution >= 4 is 17.6 Å². The molecule has 5 rings (SSSR count). The first-order chi connectivity index (χ1) is 15.7. The van der Waals surface area contributed by atoms with E-state index < -0.39 is 0 Å². The summed E-state index contributed by atoms with van der Waals surface area (Å²) in [6.07, 6.45) is 7.68. The molecule has 0 saturated carbocycles. The van der Waals surface area contributed by atoms with Gasteiger partial charge < -0.3 is 14.8 Å². The van der Waals surface area contributed by atoms with Crippen molar-refractivity contribution < 1.29 is 9.47 Å². The van der Waals surface area contributed by atoms with Gasteiger partial charge in [0, 0.05) is 17.8 Å². The maximum absolute atomic E-state index is 5.38. The molecule has 162 valence electrons. The number of anilines is 1. The number of nitrogens with one attached hydrogen (secondary N) is 1. The van der Waals surface area contributed by atoms with Crippen molar-refractivity contribution in [1.82, 2.24) is 0 Å². The zero-order valence-corrected chi connectivity index (χ0v) is 18.7.